The fourth-order valence-corrected chi connectivity index (χ4v) is 1.22. The van der Waals surface area contributed by atoms with E-state index in [0.717, 1.165) is 0 Å². The molecule has 0 heterocycles. The van der Waals surface area contributed by atoms with E-state index < -0.39 is 30.5 Å². The second kappa shape index (κ2) is 5.98. The molecule has 0 saturated heterocycles. The van der Waals surface area contributed by atoms with Crippen molar-refractivity contribution in [2.75, 3.05) is 6.61 Å². The first kappa shape index (κ1) is 18.0. The summed E-state index contributed by atoms with van der Waals surface area (Å²) in [5.74, 6) is -0.185. The van der Waals surface area contributed by atoms with Crippen LogP contribution in [0.15, 0.2) is 0 Å². The Labute approximate surface area is 106 Å². The van der Waals surface area contributed by atoms with Crippen molar-refractivity contribution in [2.24, 2.45) is 11.1 Å². The third-order valence-electron chi connectivity index (χ3n) is 2.55. The van der Waals surface area contributed by atoms with E-state index in [1.807, 2.05) is 0 Å². The summed E-state index contributed by atoms with van der Waals surface area (Å²) in [6.45, 7) is 2.43. The lowest BCUT2D eigenvalue weighted by Crippen LogP contribution is -2.44. The fourth-order valence-electron chi connectivity index (χ4n) is 1.22. The molecule has 0 amide bonds. The van der Waals surface area contributed by atoms with E-state index in [1.165, 1.54) is 0 Å². The lowest BCUT2D eigenvalue weighted by molar-refractivity contribution is -0.321. The topological polar surface area (TPSA) is 59.1 Å². The van der Waals surface area contributed by atoms with Crippen molar-refractivity contribution < 1.29 is 31.1 Å². The Hall–Kier alpha value is -0.990. The summed E-state index contributed by atoms with van der Waals surface area (Å²) in [6.07, 6.45) is -14.7. The van der Waals surface area contributed by atoms with Crippen LogP contribution in [-0.2, 0) is 4.74 Å². The molecule has 0 aliphatic rings. The second-order valence-electron chi connectivity index (χ2n) is 4.74. The zero-order chi connectivity index (χ0) is 15.5. The van der Waals surface area contributed by atoms with Gasteiger partial charge in [0.05, 0.1) is 5.84 Å². The molecule has 0 unspecified atom stereocenters. The fraction of sp³-hybridized carbons (Fsp3) is 0.900. The molecular weight excluding hydrogens is 278 g/mol. The SMILES string of the molecule is CC(C)(CCCOC(C(F)(F)F)C(F)(F)F)C(=N)N. The van der Waals surface area contributed by atoms with Crippen molar-refractivity contribution in [3.63, 3.8) is 0 Å². The van der Waals surface area contributed by atoms with E-state index >= 15 is 0 Å². The van der Waals surface area contributed by atoms with Crippen LogP contribution in [0.1, 0.15) is 26.7 Å². The third-order valence-corrected chi connectivity index (χ3v) is 2.55. The molecular formula is C10H16F6N2O. The van der Waals surface area contributed by atoms with Crippen molar-refractivity contribution in [3.05, 3.63) is 0 Å². The molecule has 114 valence electrons. The number of hydrogen-bond acceptors (Lipinski definition) is 2. The number of halogens is 6. The molecule has 0 bridgehead atoms. The van der Waals surface area contributed by atoms with E-state index in [0.29, 0.717) is 0 Å². The lowest BCUT2D eigenvalue weighted by atomic mass is 9.87. The monoisotopic (exact) mass is 294 g/mol. The van der Waals surface area contributed by atoms with Crippen LogP contribution < -0.4 is 5.73 Å². The largest absolute Gasteiger partial charge is 0.423 e. The highest BCUT2D eigenvalue weighted by atomic mass is 19.4. The van der Waals surface area contributed by atoms with Crippen LogP contribution in [0.25, 0.3) is 0 Å². The van der Waals surface area contributed by atoms with Gasteiger partial charge in [-0.3, -0.25) is 5.41 Å². The maximum absolute atomic E-state index is 12.1. The van der Waals surface area contributed by atoms with Crippen LogP contribution in [0.3, 0.4) is 0 Å². The van der Waals surface area contributed by atoms with E-state index in [-0.39, 0.29) is 18.7 Å². The first-order valence-electron chi connectivity index (χ1n) is 5.38. The smallest absolute Gasteiger partial charge is 0.387 e. The minimum atomic E-state index is -5.49. The van der Waals surface area contributed by atoms with Crippen LogP contribution in [-0.4, -0.2) is 30.9 Å². The second-order valence-corrected chi connectivity index (χ2v) is 4.74. The molecule has 0 rings (SSSR count). The van der Waals surface area contributed by atoms with Crippen molar-refractivity contribution in [1.29, 1.82) is 5.41 Å². The van der Waals surface area contributed by atoms with Crippen molar-refractivity contribution in [1.82, 2.24) is 0 Å². The molecule has 0 aromatic heterocycles. The Balaban J connectivity index is 4.35. The Morgan fingerprint density at radius 2 is 1.53 bits per heavy atom. The highest BCUT2D eigenvalue weighted by Gasteiger charge is 2.57. The Kier molecular flexibility index (Phi) is 5.66. The van der Waals surface area contributed by atoms with Crippen LogP contribution in [0, 0.1) is 10.8 Å². The molecule has 3 nitrogen and oxygen atoms in total. The molecule has 19 heavy (non-hydrogen) atoms. The zero-order valence-corrected chi connectivity index (χ0v) is 10.5. The van der Waals surface area contributed by atoms with Gasteiger partial charge < -0.3 is 10.5 Å². The quantitative estimate of drug-likeness (QED) is 0.342. The highest BCUT2D eigenvalue weighted by Crippen LogP contribution is 2.36. The summed E-state index contributed by atoms with van der Waals surface area (Å²) >= 11 is 0. The minimum absolute atomic E-state index is 0.0603. The summed E-state index contributed by atoms with van der Waals surface area (Å²) in [5, 5.41) is 7.19. The van der Waals surface area contributed by atoms with E-state index in [9.17, 15) is 26.3 Å². The summed E-state index contributed by atoms with van der Waals surface area (Å²) < 4.78 is 76.5. The molecule has 9 heteroatoms. The first-order valence-corrected chi connectivity index (χ1v) is 5.38. The van der Waals surface area contributed by atoms with Gasteiger partial charge in [-0.1, -0.05) is 13.8 Å². The van der Waals surface area contributed by atoms with Crippen molar-refractivity contribution in [3.8, 4) is 0 Å². The van der Waals surface area contributed by atoms with Crippen molar-refractivity contribution >= 4 is 5.84 Å². The number of hydrogen-bond donors (Lipinski definition) is 2. The Morgan fingerprint density at radius 1 is 1.11 bits per heavy atom. The number of nitrogens with two attached hydrogens (primary N) is 1. The number of amidine groups is 1. The molecule has 3 N–H and O–H groups in total. The number of rotatable bonds is 6. The van der Waals surface area contributed by atoms with Gasteiger partial charge in [-0.15, -0.1) is 0 Å². The van der Waals surface area contributed by atoms with Crippen LogP contribution in [0.4, 0.5) is 26.3 Å². The average molecular weight is 294 g/mol. The van der Waals surface area contributed by atoms with Gasteiger partial charge >= 0.3 is 12.4 Å². The zero-order valence-electron chi connectivity index (χ0n) is 10.5. The van der Waals surface area contributed by atoms with Gasteiger partial charge in [0.15, 0.2) is 0 Å². The number of nitrogens with one attached hydrogen (secondary N) is 1. The van der Waals surface area contributed by atoms with Gasteiger partial charge in [-0.05, 0) is 12.8 Å². The van der Waals surface area contributed by atoms with Crippen LogP contribution in [0.2, 0.25) is 0 Å². The maximum Gasteiger partial charge on any atom is 0.423 e. The van der Waals surface area contributed by atoms with Crippen LogP contribution >= 0.6 is 0 Å². The summed E-state index contributed by atoms with van der Waals surface area (Å²) in [4.78, 5) is 0. The van der Waals surface area contributed by atoms with Gasteiger partial charge in [0.1, 0.15) is 0 Å². The molecule has 0 aromatic rings. The molecule has 0 spiro atoms. The van der Waals surface area contributed by atoms with Gasteiger partial charge in [0.25, 0.3) is 0 Å². The number of ether oxygens (including phenoxy) is 1. The molecule has 0 atom stereocenters. The van der Waals surface area contributed by atoms with Gasteiger partial charge in [0, 0.05) is 12.0 Å². The van der Waals surface area contributed by atoms with E-state index in [4.69, 9.17) is 11.1 Å². The molecule has 0 aromatic carbocycles. The minimum Gasteiger partial charge on any atom is -0.387 e. The summed E-state index contributed by atoms with van der Waals surface area (Å²) in [5.41, 5.74) is 4.45. The van der Waals surface area contributed by atoms with Gasteiger partial charge in [-0.25, -0.2) is 0 Å². The third kappa shape index (κ3) is 6.13. The molecule has 0 fully saturated rings. The predicted molar refractivity (Wildman–Crippen MR) is 56.8 cm³/mol. The Morgan fingerprint density at radius 3 is 1.84 bits per heavy atom. The summed E-state index contributed by atoms with van der Waals surface area (Å²) in [6, 6.07) is 0. The molecule has 0 saturated carbocycles. The highest BCUT2D eigenvalue weighted by molar-refractivity contribution is 5.82. The maximum atomic E-state index is 12.1. The Bertz CT molecular complexity index is 296. The number of alkyl halides is 6. The molecule has 0 aliphatic carbocycles. The van der Waals surface area contributed by atoms with Crippen molar-refractivity contribution in [2.45, 2.75) is 45.1 Å². The van der Waals surface area contributed by atoms with E-state index in [2.05, 4.69) is 4.74 Å². The predicted octanol–water partition coefficient (Wildman–Crippen LogP) is 3.24. The van der Waals surface area contributed by atoms with Gasteiger partial charge in [-0.2, -0.15) is 26.3 Å². The first-order chi connectivity index (χ1) is 8.28. The summed E-state index contributed by atoms with van der Waals surface area (Å²) in [7, 11) is 0. The van der Waals surface area contributed by atoms with E-state index in [1.54, 1.807) is 13.8 Å². The lowest BCUT2D eigenvalue weighted by Gasteiger charge is -2.25. The standard InChI is InChI=1S/C10H16F6N2O/c1-8(2,7(17)18)4-3-5-19-6(9(11,12)13)10(14,15)16/h6H,3-5H2,1-2H3,(H3,17,18). The molecule has 0 aliphatic heterocycles. The van der Waals surface area contributed by atoms with Crippen LogP contribution in [0.5, 0.6) is 0 Å². The molecule has 0 radical (unpaired) electrons. The normalized spacial score (nSPS) is 13.9. The average Bonchev–Trinajstić information content (AvgIpc) is 2.12. The van der Waals surface area contributed by atoms with Gasteiger partial charge in [0.2, 0.25) is 6.10 Å².